The lowest BCUT2D eigenvalue weighted by Gasteiger charge is -2.37. The molecule has 1 saturated carbocycles. The molecule has 3 rings (SSSR count). The fraction of sp³-hybridized carbons (Fsp3) is 0.333. The maximum Gasteiger partial charge on any atom is 0.254 e. The first-order valence-electron chi connectivity index (χ1n) is 6.62. The number of aromatic nitrogens is 1. The van der Waals surface area contributed by atoms with Gasteiger partial charge in [0.2, 0.25) is 0 Å². The van der Waals surface area contributed by atoms with Crippen LogP contribution in [0, 0.1) is 6.92 Å². The Morgan fingerprint density at radius 1 is 1.35 bits per heavy atom. The summed E-state index contributed by atoms with van der Waals surface area (Å²) in [5, 5.41) is 5.67. The molecule has 0 aliphatic heterocycles. The lowest BCUT2D eigenvalue weighted by molar-refractivity contribution is 0.0904. The molecule has 1 amide bonds. The largest absolute Gasteiger partial charge is 0.349 e. The number of benzene rings is 1. The maximum absolute atomic E-state index is 12.2. The molecule has 0 spiro atoms. The predicted octanol–water partition coefficient (Wildman–Crippen LogP) is 3.78. The van der Waals surface area contributed by atoms with Gasteiger partial charge in [0.15, 0.2) is 0 Å². The van der Waals surface area contributed by atoms with Gasteiger partial charge in [0.05, 0.1) is 11.3 Å². The molecular weight excluding hydrogens is 292 g/mol. The molecule has 2 aromatic rings. The lowest BCUT2D eigenvalue weighted by Crippen LogP contribution is -2.45. The second kappa shape index (κ2) is 5.54. The van der Waals surface area contributed by atoms with Gasteiger partial charge in [-0.15, -0.1) is 0 Å². The number of rotatable bonds is 3. The summed E-state index contributed by atoms with van der Waals surface area (Å²) in [7, 11) is 0. The van der Waals surface area contributed by atoms with Gasteiger partial charge in [-0.1, -0.05) is 23.7 Å². The van der Waals surface area contributed by atoms with Crippen LogP contribution in [0.5, 0.6) is 0 Å². The van der Waals surface area contributed by atoms with E-state index >= 15 is 0 Å². The van der Waals surface area contributed by atoms with Gasteiger partial charge < -0.3 is 5.32 Å². The van der Waals surface area contributed by atoms with E-state index in [0.29, 0.717) is 11.5 Å². The first-order valence-corrected chi connectivity index (χ1v) is 7.84. The fourth-order valence-electron chi connectivity index (χ4n) is 2.54. The predicted molar refractivity (Wildman–Crippen MR) is 81.5 cm³/mol. The topological polar surface area (TPSA) is 42.0 Å². The molecule has 0 bridgehead atoms. The van der Waals surface area contributed by atoms with Crippen LogP contribution in [0.15, 0.2) is 29.6 Å². The van der Waals surface area contributed by atoms with Gasteiger partial charge in [-0.25, -0.2) is 0 Å². The molecule has 1 aliphatic carbocycles. The third-order valence-corrected chi connectivity index (χ3v) is 4.86. The molecule has 1 aliphatic rings. The van der Waals surface area contributed by atoms with Crippen molar-refractivity contribution in [3.05, 3.63) is 51.5 Å². The van der Waals surface area contributed by atoms with Crippen LogP contribution in [0.25, 0.3) is 0 Å². The van der Waals surface area contributed by atoms with Crippen LogP contribution in [-0.4, -0.2) is 16.3 Å². The summed E-state index contributed by atoms with van der Waals surface area (Å²) >= 11 is 7.23. The Morgan fingerprint density at radius 2 is 2.10 bits per heavy atom. The van der Waals surface area contributed by atoms with Crippen molar-refractivity contribution in [2.24, 2.45) is 0 Å². The average Bonchev–Trinajstić information content (AvgIpc) is 2.83. The Balaban J connectivity index is 1.68. The van der Waals surface area contributed by atoms with E-state index in [1.165, 1.54) is 17.1 Å². The minimum absolute atomic E-state index is 0.0140. The van der Waals surface area contributed by atoms with Gasteiger partial charge in [-0.05, 0) is 49.0 Å². The monoisotopic (exact) mass is 306 g/mol. The summed E-state index contributed by atoms with van der Waals surface area (Å²) in [5.41, 5.74) is 2.73. The minimum atomic E-state index is -0.0140. The zero-order valence-electron chi connectivity index (χ0n) is 11.1. The van der Waals surface area contributed by atoms with E-state index < -0.39 is 0 Å². The number of nitrogens with zero attached hydrogens (tertiary/aromatic N) is 1. The van der Waals surface area contributed by atoms with E-state index in [-0.39, 0.29) is 11.9 Å². The summed E-state index contributed by atoms with van der Waals surface area (Å²) in [6.07, 6.45) is 2.13. The molecule has 0 saturated heterocycles. The molecule has 104 valence electrons. The van der Waals surface area contributed by atoms with Crippen LogP contribution in [0.4, 0.5) is 0 Å². The number of amides is 1. The molecule has 0 unspecified atom stereocenters. The standard InChI is InChI=1S/C15H15ClN2OS/c1-9-13(8-20-18-9)15(19)17-14-7-6-12(14)10-2-4-11(16)5-3-10/h2-5,8,12,14H,6-7H2,1H3,(H,17,19)/t12-,14-/m0/s1. The van der Waals surface area contributed by atoms with Crippen LogP contribution in [0.2, 0.25) is 5.02 Å². The molecule has 1 fully saturated rings. The first-order chi connectivity index (χ1) is 9.65. The molecular formula is C15H15ClN2OS. The smallest absolute Gasteiger partial charge is 0.254 e. The first kappa shape index (κ1) is 13.6. The molecule has 1 aromatic heterocycles. The zero-order chi connectivity index (χ0) is 14.1. The minimum Gasteiger partial charge on any atom is -0.349 e. The van der Waals surface area contributed by atoms with Crippen molar-refractivity contribution in [3.8, 4) is 0 Å². The van der Waals surface area contributed by atoms with E-state index in [1.54, 1.807) is 5.38 Å². The number of carbonyl (C=O) groups is 1. The third kappa shape index (κ3) is 2.58. The second-order valence-electron chi connectivity index (χ2n) is 5.13. The average molecular weight is 307 g/mol. The van der Waals surface area contributed by atoms with E-state index in [1.807, 2.05) is 31.2 Å². The quantitative estimate of drug-likeness (QED) is 0.937. The molecule has 0 radical (unpaired) electrons. The van der Waals surface area contributed by atoms with Crippen LogP contribution in [0.1, 0.15) is 40.4 Å². The maximum atomic E-state index is 12.2. The van der Waals surface area contributed by atoms with Crippen LogP contribution < -0.4 is 5.32 Å². The highest BCUT2D eigenvalue weighted by Gasteiger charge is 2.33. The summed E-state index contributed by atoms with van der Waals surface area (Å²) in [6, 6.07) is 8.11. The Labute approximate surface area is 127 Å². The molecule has 2 atom stereocenters. The van der Waals surface area contributed by atoms with Crippen molar-refractivity contribution < 1.29 is 4.79 Å². The van der Waals surface area contributed by atoms with E-state index in [4.69, 9.17) is 11.6 Å². The van der Waals surface area contributed by atoms with Crippen molar-refractivity contribution in [2.45, 2.75) is 31.7 Å². The number of hydrogen-bond acceptors (Lipinski definition) is 3. The molecule has 1 aromatic carbocycles. The summed E-state index contributed by atoms with van der Waals surface area (Å²) in [6.45, 7) is 1.86. The van der Waals surface area contributed by atoms with Crippen LogP contribution in [-0.2, 0) is 0 Å². The van der Waals surface area contributed by atoms with Gasteiger partial charge in [0, 0.05) is 22.4 Å². The number of nitrogens with one attached hydrogen (secondary N) is 1. The van der Waals surface area contributed by atoms with Gasteiger partial charge in [-0.3, -0.25) is 4.79 Å². The van der Waals surface area contributed by atoms with E-state index in [2.05, 4.69) is 9.69 Å². The SMILES string of the molecule is Cc1nscc1C(=O)N[C@H]1CC[C@H]1c1ccc(Cl)cc1. The van der Waals surface area contributed by atoms with Gasteiger partial charge >= 0.3 is 0 Å². The van der Waals surface area contributed by atoms with Gasteiger partial charge in [0.25, 0.3) is 5.91 Å². The Bertz CT molecular complexity index is 623. The third-order valence-electron chi connectivity index (χ3n) is 3.88. The number of carbonyl (C=O) groups excluding carboxylic acids is 1. The van der Waals surface area contributed by atoms with E-state index in [0.717, 1.165) is 23.6 Å². The highest BCUT2D eigenvalue weighted by Crippen LogP contribution is 2.37. The molecule has 1 heterocycles. The fourth-order valence-corrected chi connectivity index (χ4v) is 3.36. The summed E-state index contributed by atoms with van der Waals surface area (Å²) in [5.74, 6) is 0.378. The van der Waals surface area contributed by atoms with Gasteiger partial charge in [-0.2, -0.15) is 4.37 Å². The highest BCUT2D eigenvalue weighted by atomic mass is 35.5. The van der Waals surface area contributed by atoms with Crippen molar-refractivity contribution in [2.75, 3.05) is 0 Å². The van der Waals surface area contributed by atoms with E-state index in [9.17, 15) is 4.79 Å². The molecule has 20 heavy (non-hydrogen) atoms. The normalized spacial score (nSPS) is 21.3. The highest BCUT2D eigenvalue weighted by molar-refractivity contribution is 7.03. The van der Waals surface area contributed by atoms with Crippen molar-refractivity contribution in [1.82, 2.24) is 9.69 Å². The summed E-state index contributed by atoms with van der Waals surface area (Å²) < 4.78 is 4.14. The Morgan fingerprint density at radius 3 is 2.65 bits per heavy atom. The Hall–Kier alpha value is -1.39. The molecule has 5 heteroatoms. The van der Waals surface area contributed by atoms with Crippen molar-refractivity contribution in [1.29, 1.82) is 0 Å². The molecule has 1 N–H and O–H groups in total. The Kier molecular flexibility index (Phi) is 3.76. The molecule has 3 nitrogen and oxygen atoms in total. The number of aryl methyl sites for hydroxylation is 1. The van der Waals surface area contributed by atoms with Crippen molar-refractivity contribution in [3.63, 3.8) is 0 Å². The van der Waals surface area contributed by atoms with Crippen molar-refractivity contribution >= 4 is 29.0 Å². The lowest BCUT2D eigenvalue weighted by atomic mass is 9.75. The van der Waals surface area contributed by atoms with Crippen LogP contribution in [0.3, 0.4) is 0 Å². The summed E-state index contributed by atoms with van der Waals surface area (Å²) in [4.78, 5) is 12.2. The second-order valence-corrected chi connectivity index (χ2v) is 6.19. The number of halogens is 1. The number of hydrogen-bond donors (Lipinski definition) is 1. The zero-order valence-corrected chi connectivity index (χ0v) is 12.7. The van der Waals surface area contributed by atoms with Crippen LogP contribution >= 0.6 is 23.1 Å². The van der Waals surface area contributed by atoms with Gasteiger partial charge in [0.1, 0.15) is 0 Å².